The quantitative estimate of drug-likeness (QED) is 0.314. The third kappa shape index (κ3) is 9.84. The second kappa shape index (κ2) is 12.8. The Morgan fingerprint density at radius 1 is 1.13 bits per heavy atom. The van der Waals surface area contributed by atoms with Crippen LogP contribution in [-0.4, -0.2) is 26.0 Å². The number of ether oxygens (including phenoxy) is 2. The van der Waals surface area contributed by atoms with Gasteiger partial charge in [0.05, 0.1) is 13.7 Å². The van der Waals surface area contributed by atoms with Crippen LogP contribution in [0.5, 0.6) is 0 Å². The predicted octanol–water partition coefficient (Wildman–Crippen LogP) is 3.92. The smallest absolute Gasteiger partial charge is 0.305 e. The number of aldehydes is 1. The van der Waals surface area contributed by atoms with E-state index in [1.54, 1.807) is 0 Å². The average molecular weight is 320 g/mol. The summed E-state index contributed by atoms with van der Waals surface area (Å²) in [5.41, 5.74) is 1.19. The molecule has 4 nitrogen and oxygen atoms in total. The van der Waals surface area contributed by atoms with Gasteiger partial charge in [0.15, 0.2) is 0 Å². The number of unbranched alkanes of at least 4 members (excludes halogenated alkanes) is 1. The molecule has 1 aromatic rings. The third-order valence-electron chi connectivity index (χ3n) is 3.94. The van der Waals surface area contributed by atoms with Crippen LogP contribution >= 0.6 is 0 Å². The van der Waals surface area contributed by atoms with Crippen molar-refractivity contribution in [2.45, 2.75) is 51.6 Å². The van der Waals surface area contributed by atoms with Crippen LogP contribution < -0.4 is 0 Å². The second-order valence-electron chi connectivity index (χ2n) is 5.76. The van der Waals surface area contributed by atoms with Crippen LogP contribution in [0.1, 0.15) is 50.5 Å². The van der Waals surface area contributed by atoms with E-state index in [9.17, 15) is 9.59 Å². The number of esters is 1. The zero-order valence-electron chi connectivity index (χ0n) is 14.0. The van der Waals surface area contributed by atoms with Crippen molar-refractivity contribution < 1.29 is 19.1 Å². The topological polar surface area (TPSA) is 52.6 Å². The van der Waals surface area contributed by atoms with Gasteiger partial charge < -0.3 is 14.3 Å². The van der Waals surface area contributed by atoms with Crippen LogP contribution in [0, 0.1) is 5.92 Å². The fourth-order valence-corrected chi connectivity index (χ4v) is 2.56. The van der Waals surface area contributed by atoms with E-state index in [2.05, 4.69) is 16.9 Å². The molecule has 0 aliphatic carbocycles. The minimum absolute atomic E-state index is 0.174. The van der Waals surface area contributed by atoms with Crippen molar-refractivity contribution in [3.05, 3.63) is 35.9 Å². The number of methoxy groups -OCH3 is 1. The fourth-order valence-electron chi connectivity index (χ4n) is 2.56. The Hall–Kier alpha value is -1.68. The van der Waals surface area contributed by atoms with Gasteiger partial charge in [0.1, 0.15) is 6.29 Å². The lowest BCUT2D eigenvalue weighted by molar-refractivity contribution is -0.141. The average Bonchev–Trinajstić information content (AvgIpc) is 2.60. The molecule has 0 bridgehead atoms. The van der Waals surface area contributed by atoms with Gasteiger partial charge in [-0.15, -0.1) is 0 Å². The maximum atomic E-state index is 11.2. The summed E-state index contributed by atoms with van der Waals surface area (Å²) in [6, 6.07) is 10.1. The first-order chi connectivity index (χ1) is 11.3. The highest BCUT2D eigenvalue weighted by Crippen LogP contribution is 2.20. The van der Waals surface area contributed by atoms with Crippen molar-refractivity contribution in [3.63, 3.8) is 0 Å². The number of benzene rings is 1. The van der Waals surface area contributed by atoms with E-state index < -0.39 is 0 Å². The Bertz CT molecular complexity index is 430. The van der Waals surface area contributed by atoms with Crippen molar-refractivity contribution >= 4 is 12.3 Å². The largest absolute Gasteiger partial charge is 0.469 e. The lowest BCUT2D eigenvalue weighted by Crippen LogP contribution is -2.07. The molecule has 0 aliphatic rings. The van der Waals surface area contributed by atoms with Crippen molar-refractivity contribution in [2.75, 3.05) is 13.7 Å². The molecule has 0 fully saturated rings. The predicted molar refractivity (Wildman–Crippen MR) is 90.0 cm³/mol. The Morgan fingerprint density at radius 2 is 1.91 bits per heavy atom. The molecular formula is C19H28O4. The van der Waals surface area contributed by atoms with E-state index in [1.165, 1.54) is 12.7 Å². The number of hydrogen-bond acceptors (Lipinski definition) is 4. The molecule has 1 rings (SSSR count). The Labute approximate surface area is 139 Å². The first-order valence-corrected chi connectivity index (χ1v) is 8.38. The number of carbonyl (C=O) groups is 2. The van der Waals surface area contributed by atoms with E-state index in [-0.39, 0.29) is 5.97 Å². The monoisotopic (exact) mass is 320 g/mol. The Kier molecular flexibility index (Phi) is 10.8. The summed E-state index contributed by atoms with van der Waals surface area (Å²) in [4.78, 5) is 21.8. The number of hydrogen-bond donors (Lipinski definition) is 0. The standard InChI is InChI=1S/C19H28O4/c1-22-19(21)13-12-17(11-7-14-20)8-5-6-15-23-16-18-9-3-2-4-10-18/h2-4,9-10,14,17H,5-8,11-13,15-16H2,1H3/t17-/m1/s1. The van der Waals surface area contributed by atoms with Crippen molar-refractivity contribution in [1.29, 1.82) is 0 Å². The molecule has 0 heterocycles. The van der Waals surface area contributed by atoms with Gasteiger partial charge in [-0.25, -0.2) is 0 Å². The van der Waals surface area contributed by atoms with Gasteiger partial charge in [0, 0.05) is 19.4 Å². The molecule has 1 atom stereocenters. The van der Waals surface area contributed by atoms with Crippen molar-refractivity contribution in [1.82, 2.24) is 0 Å². The van der Waals surface area contributed by atoms with E-state index >= 15 is 0 Å². The number of carbonyl (C=O) groups excluding carboxylic acids is 2. The molecule has 0 radical (unpaired) electrons. The molecule has 0 saturated carbocycles. The third-order valence-corrected chi connectivity index (χ3v) is 3.94. The van der Waals surface area contributed by atoms with Crippen LogP contribution in [0.3, 0.4) is 0 Å². The van der Waals surface area contributed by atoms with Gasteiger partial charge in [0.25, 0.3) is 0 Å². The highest BCUT2D eigenvalue weighted by Gasteiger charge is 2.11. The van der Waals surface area contributed by atoms with Crippen LogP contribution in [0.25, 0.3) is 0 Å². The van der Waals surface area contributed by atoms with E-state index in [0.29, 0.717) is 25.4 Å². The summed E-state index contributed by atoms with van der Waals surface area (Å²) in [6.07, 6.45) is 6.69. The molecule has 0 N–H and O–H groups in total. The van der Waals surface area contributed by atoms with Gasteiger partial charge in [-0.1, -0.05) is 43.2 Å². The Balaban J connectivity index is 2.13. The van der Waals surface area contributed by atoms with E-state index in [0.717, 1.165) is 45.0 Å². The van der Waals surface area contributed by atoms with Crippen molar-refractivity contribution in [3.8, 4) is 0 Å². The molecule has 0 amide bonds. The summed E-state index contributed by atoms with van der Waals surface area (Å²) >= 11 is 0. The van der Waals surface area contributed by atoms with E-state index in [1.807, 2.05) is 18.2 Å². The van der Waals surface area contributed by atoms with Crippen LogP contribution in [0.15, 0.2) is 30.3 Å². The maximum absolute atomic E-state index is 11.2. The lowest BCUT2D eigenvalue weighted by atomic mass is 9.92. The lowest BCUT2D eigenvalue weighted by Gasteiger charge is -2.15. The summed E-state index contributed by atoms with van der Waals surface area (Å²) in [6.45, 7) is 1.39. The summed E-state index contributed by atoms with van der Waals surface area (Å²) in [5.74, 6) is 0.237. The summed E-state index contributed by atoms with van der Waals surface area (Å²) in [7, 11) is 1.41. The minimum atomic E-state index is -0.174. The summed E-state index contributed by atoms with van der Waals surface area (Å²) < 4.78 is 10.3. The highest BCUT2D eigenvalue weighted by atomic mass is 16.5. The molecule has 0 unspecified atom stereocenters. The second-order valence-corrected chi connectivity index (χ2v) is 5.76. The van der Waals surface area contributed by atoms with Crippen LogP contribution in [0.4, 0.5) is 0 Å². The van der Waals surface area contributed by atoms with Gasteiger partial charge in [0.2, 0.25) is 0 Å². The summed E-state index contributed by atoms with van der Waals surface area (Å²) in [5, 5.41) is 0. The van der Waals surface area contributed by atoms with Gasteiger partial charge in [-0.05, 0) is 30.7 Å². The molecule has 0 aromatic heterocycles. The van der Waals surface area contributed by atoms with Gasteiger partial charge in [-0.3, -0.25) is 4.79 Å². The first-order valence-electron chi connectivity index (χ1n) is 8.38. The van der Waals surface area contributed by atoms with Crippen molar-refractivity contribution in [2.24, 2.45) is 5.92 Å². The SMILES string of the molecule is COC(=O)CC[C@@H](CCC=O)CCCCOCc1ccccc1. The normalized spacial score (nSPS) is 11.9. The highest BCUT2D eigenvalue weighted by molar-refractivity contribution is 5.69. The molecule has 0 aliphatic heterocycles. The van der Waals surface area contributed by atoms with Gasteiger partial charge in [-0.2, -0.15) is 0 Å². The molecule has 128 valence electrons. The van der Waals surface area contributed by atoms with E-state index in [4.69, 9.17) is 4.74 Å². The molecular weight excluding hydrogens is 292 g/mol. The Morgan fingerprint density at radius 3 is 2.61 bits per heavy atom. The van der Waals surface area contributed by atoms with Gasteiger partial charge >= 0.3 is 5.97 Å². The molecule has 4 heteroatoms. The molecule has 23 heavy (non-hydrogen) atoms. The molecule has 0 spiro atoms. The van der Waals surface area contributed by atoms with Crippen LogP contribution in [-0.2, 0) is 25.7 Å². The number of rotatable bonds is 13. The zero-order valence-corrected chi connectivity index (χ0v) is 14.0. The van der Waals surface area contributed by atoms with Crippen LogP contribution in [0.2, 0.25) is 0 Å². The molecule has 0 saturated heterocycles. The zero-order chi connectivity index (χ0) is 16.8. The fraction of sp³-hybridized carbons (Fsp3) is 0.579. The molecule has 1 aromatic carbocycles. The first kappa shape index (κ1) is 19.4. The maximum Gasteiger partial charge on any atom is 0.305 e. The minimum Gasteiger partial charge on any atom is -0.469 e.